The van der Waals surface area contributed by atoms with Crippen LogP contribution in [0.4, 0.5) is 0 Å². The first-order valence-corrected chi connectivity index (χ1v) is 7.80. The Balaban J connectivity index is 1.99. The van der Waals surface area contributed by atoms with Gasteiger partial charge in [0.05, 0.1) is 12.1 Å². The molecule has 1 fully saturated rings. The predicted molar refractivity (Wildman–Crippen MR) is 78.2 cm³/mol. The molecule has 1 aliphatic heterocycles. The maximum absolute atomic E-state index is 11.8. The van der Waals surface area contributed by atoms with Crippen LogP contribution in [0, 0.1) is 0 Å². The van der Waals surface area contributed by atoms with Crippen molar-refractivity contribution in [3.63, 3.8) is 0 Å². The number of hydrogen-bond donors (Lipinski definition) is 2. The zero-order chi connectivity index (χ0) is 13.9. The highest BCUT2D eigenvalue weighted by Gasteiger charge is 2.27. The number of unbranched alkanes of at least 4 members (excludes halogenated alkanes) is 6. The molecule has 2 N–H and O–H groups in total. The van der Waals surface area contributed by atoms with Crippen molar-refractivity contribution in [3.05, 3.63) is 0 Å². The van der Waals surface area contributed by atoms with Crippen molar-refractivity contribution < 1.29 is 9.53 Å². The van der Waals surface area contributed by atoms with Crippen LogP contribution in [-0.4, -0.2) is 38.3 Å². The summed E-state index contributed by atoms with van der Waals surface area (Å²) >= 11 is 0. The maximum Gasteiger partial charge on any atom is 0.220 e. The Morgan fingerprint density at radius 2 is 1.84 bits per heavy atom. The fourth-order valence-electron chi connectivity index (χ4n) is 2.57. The molecule has 0 radical (unpaired) electrons. The van der Waals surface area contributed by atoms with E-state index in [2.05, 4.69) is 17.6 Å². The van der Waals surface area contributed by atoms with Crippen LogP contribution in [0.2, 0.25) is 0 Å². The van der Waals surface area contributed by atoms with Gasteiger partial charge >= 0.3 is 0 Å². The number of amides is 1. The molecule has 1 aliphatic rings. The maximum atomic E-state index is 11.8. The number of carbonyl (C=O) groups excluding carboxylic acids is 1. The van der Waals surface area contributed by atoms with Crippen molar-refractivity contribution in [2.75, 3.05) is 20.2 Å². The van der Waals surface area contributed by atoms with E-state index in [9.17, 15) is 4.79 Å². The van der Waals surface area contributed by atoms with Gasteiger partial charge in [-0.05, 0) is 6.42 Å². The van der Waals surface area contributed by atoms with Gasteiger partial charge in [-0.25, -0.2) is 0 Å². The standard InChI is InChI=1S/C15H30N2O2/c1-3-4-5-6-7-8-9-10-15(18)17-13-11-16-12-14(13)19-2/h13-14,16H,3-12H2,1-2H3,(H,17,18)/t13?,14-/m0/s1. The van der Waals surface area contributed by atoms with E-state index in [1.165, 1.54) is 38.5 Å². The van der Waals surface area contributed by atoms with Gasteiger partial charge in [-0.1, -0.05) is 45.4 Å². The molecule has 0 spiro atoms. The molecule has 0 saturated carbocycles. The van der Waals surface area contributed by atoms with Gasteiger partial charge < -0.3 is 15.4 Å². The van der Waals surface area contributed by atoms with E-state index in [1.807, 2.05) is 0 Å². The van der Waals surface area contributed by atoms with E-state index >= 15 is 0 Å². The summed E-state index contributed by atoms with van der Waals surface area (Å²) in [5.41, 5.74) is 0. The number of ether oxygens (including phenoxy) is 1. The fraction of sp³-hybridized carbons (Fsp3) is 0.933. The largest absolute Gasteiger partial charge is 0.378 e. The summed E-state index contributed by atoms with van der Waals surface area (Å²) in [7, 11) is 1.70. The van der Waals surface area contributed by atoms with Gasteiger partial charge in [-0.2, -0.15) is 0 Å². The van der Waals surface area contributed by atoms with E-state index in [4.69, 9.17) is 4.74 Å². The Morgan fingerprint density at radius 3 is 2.53 bits per heavy atom. The minimum absolute atomic E-state index is 0.123. The molecule has 112 valence electrons. The molecule has 0 aromatic heterocycles. The lowest BCUT2D eigenvalue weighted by Crippen LogP contribution is -2.43. The number of carbonyl (C=O) groups is 1. The Hall–Kier alpha value is -0.610. The lowest BCUT2D eigenvalue weighted by atomic mass is 10.1. The summed E-state index contributed by atoms with van der Waals surface area (Å²) in [5, 5.41) is 6.30. The summed E-state index contributed by atoms with van der Waals surface area (Å²) in [5.74, 6) is 0.171. The minimum atomic E-state index is 0.123. The van der Waals surface area contributed by atoms with E-state index in [0.717, 1.165) is 19.5 Å². The molecule has 2 atom stereocenters. The van der Waals surface area contributed by atoms with Gasteiger partial charge in [0.2, 0.25) is 5.91 Å². The normalized spacial score (nSPS) is 22.6. The molecular weight excluding hydrogens is 240 g/mol. The average molecular weight is 270 g/mol. The Labute approximate surface area is 117 Å². The highest BCUT2D eigenvalue weighted by molar-refractivity contribution is 5.76. The first-order valence-electron chi connectivity index (χ1n) is 7.80. The lowest BCUT2D eigenvalue weighted by Gasteiger charge is -2.18. The van der Waals surface area contributed by atoms with Crippen LogP contribution in [0.25, 0.3) is 0 Å². The van der Waals surface area contributed by atoms with Crippen molar-refractivity contribution in [1.82, 2.24) is 10.6 Å². The molecule has 1 unspecified atom stereocenters. The Bertz CT molecular complexity index is 246. The second-order valence-electron chi connectivity index (χ2n) is 5.48. The predicted octanol–water partition coefficient (Wildman–Crippen LogP) is 2.23. The summed E-state index contributed by atoms with van der Waals surface area (Å²) in [6.45, 7) is 3.88. The van der Waals surface area contributed by atoms with Crippen LogP contribution < -0.4 is 10.6 Å². The SMILES string of the molecule is CCCCCCCCCC(=O)NC1CNC[C@@H]1OC. The van der Waals surface area contributed by atoms with Crippen LogP contribution in [0.3, 0.4) is 0 Å². The molecule has 1 rings (SSSR count). The smallest absolute Gasteiger partial charge is 0.220 e. The van der Waals surface area contributed by atoms with E-state index in [0.29, 0.717) is 6.42 Å². The van der Waals surface area contributed by atoms with Gasteiger partial charge in [0.15, 0.2) is 0 Å². The Kier molecular flexibility index (Phi) is 8.84. The lowest BCUT2D eigenvalue weighted by molar-refractivity contribution is -0.122. The average Bonchev–Trinajstić information content (AvgIpc) is 2.85. The monoisotopic (exact) mass is 270 g/mol. The zero-order valence-electron chi connectivity index (χ0n) is 12.5. The first kappa shape index (κ1) is 16.4. The van der Waals surface area contributed by atoms with Crippen LogP contribution in [0.1, 0.15) is 58.3 Å². The van der Waals surface area contributed by atoms with E-state index < -0.39 is 0 Å². The first-order chi connectivity index (χ1) is 9.27. The third-order valence-corrected chi connectivity index (χ3v) is 3.82. The minimum Gasteiger partial charge on any atom is -0.378 e. The van der Waals surface area contributed by atoms with Crippen LogP contribution in [-0.2, 0) is 9.53 Å². The van der Waals surface area contributed by atoms with Gasteiger partial charge in [0.1, 0.15) is 0 Å². The zero-order valence-corrected chi connectivity index (χ0v) is 12.5. The second kappa shape index (κ2) is 10.2. The van der Waals surface area contributed by atoms with Crippen LogP contribution in [0.15, 0.2) is 0 Å². The van der Waals surface area contributed by atoms with Crippen molar-refractivity contribution in [2.24, 2.45) is 0 Å². The molecule has 19 heavy (non-hydrogen) atoms. The topological polar surface area (TPSA) is 50.4 Å². The highest BCUT2D eigenvalue weighted by atomic mass is 16.5. The molecule has 0 aromatic carbocycles. The van der Waals surface area contributed by atoms with Gasteiger partial charge in [-0.15, -0.1) is 0 Å². The molecular formula is C15H30N2O2. The molecule has 0 aliphatic carbocycles. The summed E-state index contributed by atoms with van der Waals surface area (Å²) in [4.78, 5) is 11.8. The molecule has 4 nitrogen and oxygen atoms in total. The van der Waals surface area contributed by atoms with E-state index in [-0.39, 0.29) is 18.1 Å². The number of methoxy groups -OCH3 is 1. The van der Waals surface area contributed by atoms with Gasteiger partial charge in [0, 0.05) is 26.6 Å². The third-order valence-electron chi connectivity index (χ3n) is 3.82. The highest BCUT2D eigenvalue weighted by Crippen LogP contribution is 2.09. The quantitative estimate of drug-likeness (QED) is 0.599. The molecule has 4 heteroatoms. The molecule has 0 aromatic rings. The number of rotatable bonds is 10. The van der Waals surface area contributed by atoms with Crippen LogP contribution >= 0.6 is 0 Å². The van der Waals surface area contributed by atoms with Crippen molar-refractivity contribution in [1.29, 1.82) is 0 Å². The van der Waals surface area contributed by atoms with Gasteiger partial charge in [-0.3, -0.25) is 4.79 Å². The van der Waals surface area contributed by atoms with E-state index in [1.54, 1.807) is 7.11 Å². The molecule has 0 bridgehead atoms. The Morgan fingerprint density at radius 1 is 1.16 bits per heavy atom. The second-order valence-corrected chi connectivity index (χ2v) is 5.48. The summed E-state index contributed by atoms with van der Waals surface area (Å²) in [6.07, 6.45) is 9.51. The fourth-order valence-corrected chi connectivity index (χ4v) is 2.57. The summed E-state index contributed by atoms with van der Waals surface area (Å²) in [6, 6.07) is 0.141. The number of hydrogen-bond acceptors (Lipinski definition) is 3. The summed E-state index contributed by atoms with van der Waals surface area (Å²) < 4.78 is 5.33. The number of nitrogens with one attached hydrogen (secondary N) is 2. The van der Waals surface area contributed by atoms with Crippen molar-refractivity contribution in [2.45, 2.75) is 70.4 Å². The molecule has 1 amide bonds. The molecule has 1 saturated heterocycles. The molecule has 1 heterocycles. The van der Waals surface area contributed by atoms with Crippen LogP contribution in [0.5, 0.6) is 0 Å². The van der Waals surface area contributed by atoms with Crippen molar-refractivity contribution >= 4 is 5.91 Å². The van der Waals surface area contributed by atoms with Crippen molar-refractivity contribution in [3.8, 4) is 0 Å². The van der Waals surface area contributed by atoms with Gasteiger partial charge in [0.25, 0.3) is 0 Å². The third kappa shape index (κ3) is 6.92.